The molecule has 4 aromatic rings. The first-order chi connectivity index (χ1) is 18.0. The average Bonchev–Trinajstić information content (AvgIpc) is 3.18. The van der Waals surface area contributed by atoms with E-state index in [0.29, 0.717) is 28.4 Å². The van der Waals surface area contributed by atoms with Crippen LogP contribution in [-0.2, 0) is 13.7 Å². The standard InChI is InChI=1S/C27H30FN7O3/c1-16-31-12-19(35(16)4)13-37-21-9-18(28)10-22(11-21)38-20-7-5-17(6-8-20)24(29)23-25(30)33-15-34-26(23)32-14-27(2,3)36/h5-12,15,29,36H,13-14H2,1-4H3,(H3,30,32,33,34). The van der Waals surface area contributed by atoms with Crippen LogP contribution in [0.4, 0.5) is 16.0 Å². The third-order valence-electron chi connectivity index (χ3n) is 5.74. The normalized spacial score (nSPS) is 11.3. The van der Waals surface area contributed by atoms with Crippen molar-refractivity contribution in [2.24, 2.45) is 7.05 Å². The Kier molecular flexibility index (Phi) is 7.58. The van der Waals surface area contributed by atoms with Gasteiger partial charge in [0.15, 0.2) is 0 Å². The Hall–Kier alpha value is -4.51. The summed E-state index contributed by atoms with van der Waals surface area (Å²) in [5.74, 6) is 1.87. The maximum atomic E-state index is 14.3. The zero-order valence-electron chi connectivity index (χ0n) is 21.6. The van der Waals surface area contributed by atoms with E-state index in [2.05, 4.69) is 20.3 Å². The van der Waals surface area contributed by atoms with E-state index in [0.717, 1.165) is 11.5 Å². The number of nitrogens with zero attached hydrogens (tertiary/aromatic N) is 4. The summed E-state index contributed by atoms with van der Waals surface area (Å²) in [5.41, 5.74) is 6.89. The molecule has 0 aliphatic carbocycles. The first-order valence-corrected chi connectivity index (χ1v) is 11.8. The van der Waals surface area contributed by atoms with E-state index in [4.69, 9.17) is 20.6 Å². The summed E-state index contributed by atoms with van der Waals surface area (Å²) in [6.45, 7) is 5.64. The lowest BCUT2D eigenvalue weighted by Crippen LogP contribution is -2.30. The predicted molar refractivity (Wildman–Crippen MR) is 142 cm³/mol. The molecule has 198 valence electrons. The third-order valence-corrected chi connectivity index (χ3v) is 5.74. The highest BCUT2D eigenvalue weighted by atomic mass is 19.1. The Balaban J connectivity index is 1.47. The number of aryl methyl sites for hydroxylation is 1. The number of ether oxygens (including phenoxy) is 2. The first-order valence-electron chi connectivity index (χ1n) is 11.8. The highest BCUT2D eigenvalue weighted by Crippen LogP contribution is 2.29. The van der Waals surface area contributed by atoms with E-state index in [1.54, 1.807) is 50.4 Å². The number of hydrogen-bond donors (Lipinski definition) is 4. The summed E-state index contributed by atoms with van der Waals surface area (Å²) < 4.78 is 27.8. The van der Waals surface area contributed by atoms with Gasteiger partial charge in [0.1, 0.15) is 53.5 Å². The van der Waals surface area contributed by atoms with Crippen molar-refractivity contribution in [1.82, 2.24) is 19.5 Å². The second kappa shape index (κ2) is 10.9. The van der Waals surface area contributed by atoms with E-state index in [1.807, 2.05) is 18.5 Å². The molecule has 0 unspecified atom stereocenters. The van der Waals surface area contributed by atoms with Crippen LogP contribution in [0.25, 0.3) is 0 Å². The quantitative estimate of drug-likeness (QED) is 0.228. The summed E-state index contributed by atoms with van der Waals surface area (Å²) in [5, 5.41) is 21.8. The van der Waals surface area contributed by atoms with Gasteiger partial charge in [-0.3, -0.25) is 5.41 Å². The Morgan fingerprint density at radius 3 is 2.47 bits per heavy atom. The Morgan fingerprint density at radius 2 is 1.82 bits per heavy atom. The number of benzene rings is 2. The molecule has 0 bridgehead atoms. The molecule has 0 fully saturated rings. The molecule has 2 aromatic heterocycles. The van der Waals surface area contributed by atoms with Crippen LogP contribution in [0.1, 0.15) is 36.5 Å². The van der Waals surface area contributed by atoms with Crippen molar-refractivity contribution < 1.29 is 19.0 Å². The summed E-state index contributed by atoms with van der Waals surface area (Å²) in [6.07, 6.45) is 3.01. The van der Waals surface area contributed by atoms with E-state index in [-0.39, 0.29) is 30.4 Å². The van der Waals surface area contributed by atoms with Crippen LogP contribution in [0.3, 0.4) is 0 Å². The number of anilines is 2. The molecule has 0 radical (unpaired) electrons. The number of nitrogen functional groups attached to an aromatic ring is 1. The van der Waals surface area contributed by atoms with Crippen LogP contribution in [0, 0.1) is 18.2 Å². The SMILES string of the molecule is Cc1ncc(COc2cc(F)cc(Oc3ccc(C(=N)c4c(N)ncnc4NCC(C)(C)O)cc3)c2)n1C. The molecule has 0 amide bonds. The molecular weight excluding hydrogens is 489 g/mol. The van der Waals surface area contributed by atoms with Gasteiger partial charge in [0.2, 0.25) is 0 Å². The maximum absolute atomic E-state index is 14.3. The fraction of sp³-hybridized carbons (Fsp3) is 0.259. The minimum absolute atomic E-state index is 0.0970. The monoisotopic (exact) mass is 519 g/mol. The minimum atomic E-state index is -0.989. The molecule has 2 aromatic carbocycles. The Bertz CT molecular complexity index is 1450. The van der Waals surface area contributed by atoms with E-state index < -0.39 is 11.4 Å². The Morgan fingerprint density at radius 1 is 1.11 bits per heavy atom. The highest BCUT2D eigenvalue weighted by Gasteiger charge is 2.19. The van der Waals surface area contributed by atoms with Crippen molar-refractivity contribution in [3.05, 3.63) is 83.5 Å². The highest BCUT2D eigenvalue weighted by molar-refractivity contribution is 6.16. The van der Waals surface area contributed by atoms with Gasteiger partial charge in [0, 0.05) is 37.4 Å². The molecule has 0 saturated heterocycles. The fourth-order valence-electron chi connectivity index (χ4n) is 3.57. The number of nitrogens with two attached hydrogens (primary N) is 1. The summed E-state index contributed by atoms with van der Waals surface area (Å²) in [7, 11) is 1.89. The molecule has 11 heteroatoms. The molecule has 0 spiro atoms. The van der Waals surface area contributed by atoms with Crippen molar-refractivity contribution in [3.63, 3.8) is 0 Å². The van der Waals surface area contributed by atoms with Gasteiger partial charge >= 0.3 is 0 Å². The number of aliphatic hydroxyl groups is 1. The average molecular weight is 520 g/mol. The first kappa shape index (κ1) is 26.6. The predicted octanol–water partition coefficient (Wildman–Crippen LogP) is 4.21. The van der Waals surface area contributed by atoms with Crippen molar-refractivity contribution in [2.45, 2.75) is 33.0 Å². The van der Waals surface area contributed by atoms with Gasteiger partial charge in [-0.1, -0.05) is 0 Å². The lowest BCUT2D eigenvalue weighted by atomic mass is 10.0. The molecule has 0 aliphatic rings. The summed E-state index contributed by atoms with van der Waals surface area (Å²) in [4.78, 5) is 12.4. The lowest BCUT2D eigenvalue weighted by Gasteiger charge is -2.20. The second-order valence-electron chi connectivity index (χ2n) is 9.42. The molecule has 38 heavy (non-hydrogen) atoms. The van der Waals surface area contributed by atoms with Gasteiger partial charge in [0.25, 0.3) is 0 Å². The van der Waals surface area contributed by atoms with Crippen LogP contribution in [0.2, 0.25) is 0 Å². The molecule has 2 heterocycles. The lowest BCUT2D eigenvalue weighted by molar-refractivity contribution is 0.0944. The van der Waals surface area contributed by atoms with Crippen LogP contribution >= 0.6 is 0 Å². The number of hydrogen-bond acceptors (Lipinski definition) is 9. The van der Waals surface area contributed by atoms with Crippen LogP contribution in [-0.4, -0.2) is 42.5 Å². The van der Waals surface area contributed by atoms with Crippen molar-refractivity contribution >= 4 is 17.3 Å². The number of aromatic nitrogens is 4. The van der Waals surface area contributed by atoms with Gasteiger partial charge in [-0.2, -0.15) is 0 Å². The van der Waals surface area contributed by atoms with Crippen molar-refractivity contribution in [3.8, 4) is 17.2 Å². The molecular formula is C27H30FN7O3. The molecule has 0 saturated carbocycles. The van der Waals surface area contributed by atoms with Gasteiger partial charge < -0.3 is 30.2 Å². The number of imidazole rings is 1. The molecule has 5 N–H and O–H groups in total. The zero-order valence-corrected chi connectivity index (χ0v) is 21.6. The number of nitrogens with one attached hydrogen (secondary N) is 2. The van der Waals surface area contributed by atoms with E-state index in [1.165, 1.54) is 18.5 Å². The van der Waals surface area contributed by atoms with Gasteiger partial charge in [-0.05, 0) is 45.0 Å². The maximum Gasteiger partial charge on any atom is 0.141 e. The third kappa shape index (κ3) is 6.43. The molecule has 0 atom stereocenters. The summed E-state index contributed by atoms with van der Waals surface area (Å²) in [6, 6.07) is 10.9. The van der Waals surface area contributed by atoms with Crippen LogP contribution in [0.5, 0.6) is 17.2 Å². The van der Waals surface area contributed by atoms with Crippen LogP contribution in [0.15, 0.2) is 55.0 Å². The minimum Gasteiger partial charge on any atom is -0.487 e. The van der Waals surface area contributed by atoms with E-state index >= 15 is 0 Å². The van der Waals surface area contributed by atoms with E-state index in [9.17, 15) is 9.50 Å². The zero-order chi connectivity index (χ0) is 27.4. The second-order valence-corrected chi connectivity index (χ2v) is 9.42. The largest absolute Gasteiger partial charge is 0.487 e. The van der Waals surface area contributed by atoms with Crippen molar-refractivity contribution in [2.75, 3.05) is 17.6 Å². The van der Waals surface area contributed by atoms with Gasteiger partial charge in [0.05, 0.1) is 28.8 Å². The van der Waals surface area contributed by atoms with Gasteiger partial charge in [-0.25, -0.2) is 19.3 Å². The summed E-state index contributed by atoms with van der Waals surface area (Å²) >= 11 is 0. The van der Waals surface area contributed by atoms with Crippen LogP contribution < -0.4 is 20.5 Å². The van der Waals surface area contributed by atoms with Gasteiger partial charge in [-0.15, -0.1) is 0 Å². The molecule has 4 rings (SSSR count). The number of rotatable bonds is 10. The van der Waals surface area contributed by atoms with Crippen molar-refractivity contribution in [1.29, 1.82) is 5.41 Å². The smallest absolute Gasteiger partial charge is 0.141 e. The molecule has 10 nitrogen and oxygen atoms in total. The Labute approximate surface area is 219 Å². The fourth-order valence-corrected chi connectivity index (χ4v) is 3.57. The number of halogens is 1. The topological polar surface area (TPSA) is 144 Å². The molecule has 0 aliphatic heterocycles.